The molecule has 2 aromatic carbocycles. The summed E-state index contributed by atoms with van der Waals surface area (Å²) in [5, 5.41) is 11.6. The summed E-state index contributed by atoms with van der Waals surface area (Å²) < 4.78 is 15.6. The van der Waals surface area contributed by atoms with Gasteiger partial charge in [-0.3, -0.25) is 19.6 Å². The average molecular weight is 446 g/mol. The molecule has 0 unspecified atom stereocenters. The molecule has 4 aromatic rings. The van der Waals surface area contributed by atoms with Gasteiger partial charge in [0.1, 0.15) is 22.7 Å². The Morgan fingerprint density at radius 3 is 2.61 bits per heavy atom. The van der Waals surface area contributed by atoms with Gasteiger partial charge in [0.05, 0.1) is 12.1 Å². The van der Waals surface area contributed by atoms with Crippen molar-refractivity contribution < 1.29 is 9.18 Å². The first-order valence-electron chi connectivity index (χ1n) is 10.7. The summed E-state index contributed by atoms with van der Waals surface area (Å²) in [5.41, 5.74) is 3.63. The lowest BCUT2D eigenvalue weighted by Crippen LogP contribution is -2.48. The standard InChI is InChI=1S/C24H23FN6O2/c1-15-4-3-5-18(25)24(15)31-20(32)12-19-23(28-31)22(27-26-19)17-8-6-16(7-9-17)13-30-11-10-29(2)14-21(30)33/h3-9,12,26H,10-11,13-14H2,1-2H3. The van der Waals surface area contributed by atoms with Crippen LogP contribution in [0.25, 0.3) is 28.0 Å². The Kier molecular flexibility index (Phi) is 5.26. The lowest BCUT2D eigenvalue weighted by Gasteiger charge is -2.32. The van der Waals surface area contributed by atoms with Gasteiger partial charge in [0, 0.05) is 31.3 Å². The number of aryl methyl sites for hydroxylation is 1. The van der Waals surface area contributed by atoms with Crippen molar-refractivity contribution in [1.82, 2.24) is 29.8 Å². The van der Waals surface area contributed by atoms with E-state index in [1.165, 1.54) is 12.1 Å². The molecule has 5 rings (SSSR count). The van der Waals surface area contributed by atoms with Crippen LogP contribution in [0, 0.1) is 12.7 Å². The number of aromatic nitrogens is 4. The molecule has 1 fully saturated rings. The van der Waals surface area contributed by atoms with Gasteiger partial charge in [-0.05, 0) is 31.2 Å². The van der Waals surface area contributed by atoms with Crippen LogP contribution < -0.4 is 5.56 Å². The van der Waals surface area contributed by atoms with Crippen LogP contribution in [0.4, 0.5) is 4.39 Å². The molecule has 0 bridgehead atoms. The van der Waals surface area contributed by atoms with E-state index >= 15 is 0 Å². The number of amides is 1. The minimum Gasteiger partial charge on any atom is -0.336 e. The summed E-state index contributed by atoms with van der Waals surface area (Å²) >= 11 is 0. The molecule has 1 amide bonds. The highest BCUT2D eigenvalue weighted by Gasteiger charge is 2.21. The number of benzene rings is 2. The molecule has 9 heteroatoms. The third-order valence-corrected chi connectivity index (χ3v) is 5.95. The highest BCUT2D eigenvalue weighted by molar-refractivity contribution is 5.89. The zero-order chi connectivity index (χ0) is 23.1. The fourth-order valence-corrected chi connectivity index (χ4v) is 4.12. The van der Waals surface area contributed by atoms with Crippen LogP contribution in [0.2, 0.25) is 0 Å². The summed E-state index contributed by atoms with van der Waals surface area (Å²) in [6.07, 6.45) is 0. The quantitative estimate of drug-likeness (QED) is 0.521. The molecule has 8 nitrogen and oxygen atoms in total. The largest absolute Gasteiger partial charge is 0.336 e. The molecule has 33 heavy (non-hydrogen) atoms. The Morgan fingerprint density at radius 1 is 1.09 bits per heavy atom. The van der Waals surface area contributed by atoms with Crippen LogP contribution in [0.5, 0.6) is 0 Å². The Bertz CT molecular complexity index is 1390. The van der Waals surface area contributed by atoms with E-state index in [1.807, 2.05) is 41.1 Å². The van der Waals surface area contributed by atoms with Crippen molar-refractivity contribution in [3.05, 3.63) is 75.8 Å². The van der Waals surface area contributed by atoms with Crippen molar-refractivity contribution in [2.75, 3.05) is 26.7 Å². The van der Waals surface area contributed by atoms with E-state index in [0.29, 0.717) is 41.9 Å². The van der Waals surface area contributed by atoms with Crippen LogP contribution in [-0.2, 0) is 11.3 Å². The maximum atomic E-state index is 14.5. The number of piperazine rings is 1. The molecule has 0 atom stereocenters. The second-order valence-corrected chi connectivity index (χ2v) is 8.38. The molecular formula is C24H23FN6O2. The van der Waals surface area contributed by atoms with Crippen molar-refractivity contribution in [3.8, 4) is 16.9 Å². The maximum Gasteiger partial charge on any atom is 0.273 e. The lowest BCUT2D eigenvalue weighted by atomic mass is 10.1. The number of fused-ring (bicyclic) bond motifs is 1. The third-order valence-electron chi connectivity index (χ3n) is 5.95. The summed E-state index contributed by atoms with van der Waals surface area (Å²) in [7, 11) is 1.94. The number of nitrogens with zero attached hydrogens (tertiary/aromatic N) is 5. The molecule has 1 aliphatic rings. The minimum absolute atomic E-state index is 0.122. The zero-order valence-corrected chi connectivity index (χ0v) is 18.4. The van der Waals surface area contributed by atoms with Crippen LogP contribution in [0.1, 0.15) is 11.1 Å². The predicted molar refractivity (Wildman–Crippen MR) is 123 cm³/mol. The molecule has 0 spiro atoms. The van der Waals surface area contributed by atoms with Crippen LogP contribution >= 0.6 is 0 Å². The normalized spacial score (nSPS) is 14.9. The van der Waals surface area contributed by atoms with Crippen molar-refractivity contribution in [2.45, 2.75) is 13.5 Å². The number of carbonyl (C=O) groups excluding carboxylic acids is 1. The average Bonchev–Trinajstić information content (AvgIpc) is 3.19. The number of nitrogens with one attached hydrogen (secondary N) is 1. The number of likely N-dealkylation sites (N-methyl/N-ethyl adjacent to an activating group) is 1. The Labute approximate surface area is 189 Å². The summed E-state index contributed by atoms with van der Waals surface area (Å²) in [6.45, 7) is 4.29. The van der Waals surface area contributed by atoms with Gasteiger partial charge < -0.3 is 4.90 Å². The van der Waals surface area contributed by atoms with E-state index in [0.717, 1.165) is 22.4 Å². The third kappa shape index (κ3) is 3.91. The Morgan fingerprint density at radius 2 is 1.88 bits per heavy atom. The summed E-state index contributed by atoms with van der Waals surface area (Å²) in [5.74, 6) is -0.395. The number of aromatic amines is 1. The van der Waals surface area contributed by atoms with Crippen LogP contribution in [0.3, 0.4) is 0 Å². The number of hydrogen-bond acceptors (Lipinski definition) is 5. The van der Waals surface area contributed by atoms with Crippen LogP contribution in [0.15, 0.2) is 53.3 Å². The SMILES string of the molecule is Cc1cccc(F)c1-n1nc2c(-c3ccc(CN4CCN(C)CC4=O)cc3)n[nH]c2cc1=O. The van der Waals surface area contributed by atoms with Gasteiger partial charge in [0.25, 0.3) is 5.56 Å². The highest BCUT2D eigenvalue weighted by atomic mass is 19.1. The smallest absolute Gasteiger partial charge is 0.273 e. The van der Waals surface area contributed by atoms with Crippen molar-refractivity contribution in [1.29, 1.82) is 0 Å². The van der Waals surface area contributed by atoms with Gasteiger partial charge in [0.2, 0.25) is 5.91 Å². The molecular weight excluding hydrogens is 423 g/mol. The molecule has 1 aliphatic heterocycles. The van der Waals surface area contributed by atoms with Gasteiger partial charge in [-0.2, -0.15) is 14.9 Å². The number of rotatable bonds is 4. The molecule has 0 radical (unpaired) electrons. The molecule has 2 aromatic heterocycles. The number of para-hydroxylation sites is 1. The predicted octanol–water partition coefficient (Wildman–Crippen LogP) is 2.50. The number of H-pyrrole nitrogens is 1. The van der Waals surface area contributed by atoms with E-state index in [-0.39, 0.29) is 11.6 Å². The minimum atomic E-state index is -0.517. The van der Waals surface area contributed by atoms with Gasteiger partial charge in [0.15, 0.2) is 0 Å². The monoisotopic (exact) mass is 446 g/mol. The Hall–Kier alpha value is -3.85. The molecule has 168 valence electrons. The first-order chi connectivity index (χ1) is 15.9. The van der Waals surface area contributed by atoms with E-state index in [9.17, 15) is 14.0 Å². The molecule has 1 N–H and O–H groups in total. The highest BCUT2D eigenvalue weighted by Crippen LogP contribution is 2.25. The van der Waals surface area contributed by atoms with E-state index < -0.39 is 11.4 Å². The fraction of sp³-hybridized carbons (Fsp3) is 0.250. The molecule has 0 saturated carbocycles. The van der Waals surface area contributed by atoms with E-state index in [4.69, 9.17) is 0 Å². The van der Waals surface area contributed by atoms with Crippen LogP contribution in [-0.4, -0.2) is 62.4 Å². The van der Waals surface area contributed by atoms with E-state index in [2.05, 4.69) is 15.3 Å². The van der Waals surface area contributed by atoms with Crippen molar-refractivity contribution >= 4 is 16.9 Å². The molecule has 1 saturated heterocycles. The maximum absolute atomic E-state index is 14.5. The number of carbonyl (C=O) groups is 1. The lowest BCUT2D eigenvalue weighted by molar-refractivity contribution is -0.136. The van der Waals surface area contributed by atoms with Crippen molar-refractivity contribution in [3.63, 3.8) is 0 Å². The van der Waals surface area contributed by atoms with E-state index in [1.54, 1.807) is 19.1 Å². The number of halogens is 1. The first kappa shape index (κ1) is 21.0. The second-order valence-electron chi connectivity index (χ2n) is 8.38. The van der Waals surface area contributed by atoms with Gasteiger partial charge in [-0.25, -0.2) is 4.39 Å². The number of hydrogen-bond donors (Lipinski definition) is 1. The van der Waals surface area contributed by atoms with Gasteiger partial charge >= 0.3 is 0 Å². The fourth-order valence-electron chi connectivity index (χ4n) is 4.12. The molecule has 0 aliphatic carbocycles. The summed E-state index contributed by atoms with van der Waals surface area (Å²) in [6, 6.07) is 13.7. The van der Waals surface area contributed by atoms with Gasteiger partial charge in [-0.1, -0.05) is 36.4 Å². The molecule has 3 heterocycles. The zero-order valence-electron chi connectivity index (χ0n) is 18.4. The second kappa shape index (κ2) is 8.25. The summed E-state index contributed by atoms with van der Waals surface area (Å²) in [4.78, 5) is 28.7. The first-order valence-corrected chi connectivity index (χ1v) is 10.7. The van der Waals surface area contributed by atoms with Gasteiger partial charge in [-0.15, -0.1) is 0 Å². The Balaban J connectivity index is 1.48. The topological polar surface area (TPSA) is 87.1 Å². The van der Waals surface area contributed by atoms with Crippen molar-refractivity contribution in [2.24, 2.45) is 0 Å².